The van der Waals surface area contributed by atoms with Crippen LogP contribution in [-0.2, 0) is 6.42 Å². The van der Waals surface area contributed by atoms with E-state index in [0.29, 0.717) is 30.1 Å². The third-order valence-electron chi connectivity index (χ3n) is 4.87. The van der Waals surface area contributed by atoms with Crippen molar-refractivity contribution in [2.75, 3.05) is 26.2 Å². The third-order valence-corrected chi connectivity index (χ3v) is 4.87. The number of hydrogen-bond acceptors (Lipinski definition) is 7. The van der Waals surface area contributed by atoms with Gasteiger partial charge >= 0.3 is 0 Å². The standard InChI is InChI=1S/C17H21N7O2/c1-3-15-18-16(26-21-15)11(2)23-6-8-24(9-7-23)17(25)12-4-5-13-14(10-12)20-22-19-13/h4-5,10-11H,3,6-9H2,1-2H3,(H,19,20,22). The summed E-state index contributed by atoms with van der Waals surface area (Å²) in [7, 11) is 0. The number of hydrogen-bond donors (Lipinski definition) is 1. The number of H-pyrrole nitrogens is 1. The summed E-state index contributed by atoms with van der Waals surface area (Å²) in [4.78, 5) is 21.3. The summed E-state index contributed by atoms with van der Waals surface area (Å²) >= 11 is 0. The van der Waals surface area contributed by atoms with Crippen molar-refractivity contribution < 1.29 is 9.32 Å². The Balaban J connectivity index is 1.40. The molecule has 26 heavy (non-hydrogen) atoms. The normalized spacial score (nSPS) is 16.9. The maximum Gasteiger partial charge on any atom is 0.254 e. The van der Waals surface area contributed by atoms with Gasteiger partial charge in [-0.3, -0.25) is 9.69 Å². The molecule has 1 atom stereocenters. The summed E-state index contributed by atoms with van der Waals surface area (Å²) in [5.41, 5.74) is 2.09. The molecule has 0 bridgehead atoms. The van der Waals surface area contributed by atoms with Crippen molar-refractivity contribution >= 4 is 16.9 Å². The predicted molar refractivity (Wildman–Crippen MR) is 93.5 cm³/mol. The molecule has 0 aliphatic carbocycles. The molecule has 2 aromatic heterocycles. The van der Waals surface area contributed by atoms with Gasteiger partial charge in [-0.15, -0.1) is 0 Å². The maximum atomic E-state index is 12.8. The molecule has 3 heterocycles. The number of fused-ring (bicyclic) bond motifs is 1. The van der Waals surface area contributed by atoms with Crippen LogP contribution in [0.4, 0.5) is 0 Å². The molecule has 0 saturated carbocycles. The van der Waals surface area contributed by atoms with Crippen molar-refractivity contribution in [1.29, 1.82) is 0 Å². The first-order chi connectivity index (χ1) is 12.7. The minimum atomic E-state index is 0.0215. The highest BCUT2D eigenvalue weighted by atomic mass is 16.5. The summed E-state index contributed by atoms with van der Waals surface area (Å²) in [5, 5.41) is 14.6. The first kappa shape index (κ1) is 16.6. The van der Waals surface area contributed by atoms with Gasteiger partial charge in [0.1, 0.15) is 11.0 Å². The van der Waals surface area contributed by atoms with E-state index in [1.807, 2.05) is 17.9 Å². The van der Waals surface area contributed by atoms with Gasteiger partial charge in [-0.05, 0) is 25.1 Å². The molecule has 1 unspecified atom stereocenters. The Kier molecular flexibility index (Phi) is 4.37. The zero-order chi connectivity index (χ0) is 18.1. The van der Waals surface area contributed by atoms with Crippen molar-refractivity contribution in [2.45, 2.75) is 26.3 Å². The second-order valence-corrected chi connectivity index (χ2v) is 6.43. The van der Waals surface area contributed by atoms with Gasteiger partial charge in [0, 0.05) is 38.2 Å². The van der Waals surface area contributed by atoms with Gasteiger partial charge < -0.3 is 9.42 Å². The second kappa shape index (κ2) is 6.83. The maximum absolute atomic E-state index is 12.8. The van der Waals surface area contributed by atoms with Crippen LogP contribution < -0.4 is 0 Å². The molecule has 4 rings (SSSR count). The van der Waals surface area contributed by atoms with Gasteiger partial charge in [-0.1, -0.05) is 12.1 Å². The minimum Gasteiger partial charge on any atom is -0.338 e. The number of nitrogens with zero attached hydrogens (tertiary/aromatic N) is 6. The van der Waals surface area contributed by atoms with Gasteiger partial charge in [0.05, 0.1) is 6.04 Å². The molecule has 1 amide bonds. The molecule has 1 aliphatic heterocycles. The number of carbonyl (C=O) groups excluding carboxylic acids is 1. The van der Waals surface area contributed by atoms with Crippen LogP contribution >= 0.6 is 0 Å². The number of aryl methyl sites for hydroxylation is 1. The summed E-state index contributed by atoms with van der Waals surface area (Å²) in [5.74, 6) is 1.38. The number of carbonyl (C=O) groups is 1. The van der Waals surface area contributed by atoms with Crippen LogP contribution in [0.25, 0.3) is 11.0 Å². The quantitative estimate of drug-likeness (QED) is 0.755. The number of benzene rings is 1. The molecule has 1 saturated heterocycles. The van der Waals surface area contributed by atoms with Crippen LogP contribution in [0.3, 0.4) is 0 Å². The van der Waals surface area contributed by atoms with Crippen molar-refractivity contribution in [1.82, 2.24) is 35.4 Å². The van der Waals surface area contributed by atoms with Crippen molar-refractivity contribution in [3.63, 3.8) is 0 Å². The fourth-order valence-corrected chi connectivity index (χ4v) is 3.21. The molecule has 136 valence electrons. The fourth-order valence-electron chi connectivity index (χ4n) is 3.21. The largest absolute Gasteiger partial charge is 0.338 e. The number of rotatable bonds is 4. The zero-order valence-electron chi connectivity index (χ0n) is 14.8. The smallest absolute Gasteiger partial charge is 0.254 e. The van der Waals surface area contributed by atoms with E-state index >= 15 is 0 Å². The van der Waals surface area contributed by atoms with Crippen LogP contribution in [0.5, 0.6) is 0 Å². The topological polar surface area (TPSA) is 104 Å². The van der Waals surface area contributed by atoms with E-state index in [-0.39, 0.29) is 11.9 Å². The summed E-state index contributed by atoms with van der Waals surface area (Å²) in [6, 6.07) is 5.44. The lowest BCUT2D eigenvalue weighted by molar-refractivity contribution is 0.0552. The van der Waals surface area contributed by atoms with E-state index in [4.69, 9.17) is 4.52 Å². The average Bonchev–Trinajstić information content (AvgIpc) is 3.35. The highest BCUT2D eigenvalue weighted by Gasteiger charge is 2.28. The number of nitrogens with one attached hydrogen (secondary N) is 1. The van der Waals surface area contributed by atoms with Gasteiger partial charge in [-0.25, -0.2) is 0 Å². The molecule has 9 nitrogen and oxygen atoms in total. The van der Waals surface area contributed by atoms with Gasteiger partial charge in [-0.2, -0.15) is 20.4 Å². The molecule has 3 aromatic rings. The van der Waals surface area contributed by atoms with Crippen LogP contribution in [0, 0.1) is 0 Å². The van der Waals surface area contributed by atoms with Crippen LogP contribution in [0.15, 0.2) is 22.7 Å². The number of amides is 1. The Bertz CT molecular complexity index is 911. The van der Waals surface area contributed by atoms with Crippen molar-refractivity contribution in [3.05, 3.63) is 35.5 Å². The van der Waals surface area contributed by atoms with E-state index in [2.05, 4.69) is 37.4 Å². The summed E-state index contributed by atoms with van der Waals surface area (Å²) < 4.78 is 5.35. The van der Waals surface area contributed by atoms with E-state index in [1.165, 1.54) is 0 Å². The Morgan fingerprint density at radius 1 is 1.23 bits per heavy atom. The molecular formula is C17H21N7O2. The second-order valence-electron chi connectivity index (χ2n) is 6.43. The Morgan fingerprint density at radius 3 is 2.73 bits per heavy atom. The summed E-state index contributed by atoms with van der Waals surface area (Å²) in [6.45, 7) is 6.92. The van der Waals surface area contributed by atoms with E-state index in [1.54, 1.807) is 12.1 Å². The average molecular weight is 355 g/mol. The highest BCUT2D eigenvalue weighted by molar-refractivity contribution is 5.97. The number of piperazine rings is 1. The Hall–Kier alpha value is -2.81. The molecule has 1 N–H and O–H groups in total. The summed E-state index contributed by atoms with van der Waals surface area (Å²) in [6.07, 6.45) is 0.758. The minimum absolute atomic E-state index is 0.0215. The van der Waals surface area contributed by atoms with Gasteiger partial charge in [0.25, 0.3) is 5.91 Å². The highest BCUT2D eigenvalue weighted by Crippen LogP contribution is 2.21. The zero-order valence-corrected chi connectivity index (χ0v) is 14.8. The lowest BCUT2D eigenvalue weighted by atomic mass is 10.1. The fraction of sp³-hybridized carbons (Fsp3) is 0.471. The molecule has 1 aromatic carbocycles. The molecule has 1 fully saturated rings. The number of aromatic nitrogens is 5. The Morgan fingerprint density at radius 2 is 2.00 bits per heavy atom. The SMILES string of the molecule is CCc1noc(C(C)N2CCN(C(=O)c3ccc4n[nH]nc4c3)CC2)n1. The first-order valence-corrected chi connectivity index (χ1v) is 8.82. The predicted octanol–water partition coefficient (Wildman–Crippen LogP) is 1.42. The monoisotopic (exact) mass is 355 g/mol. The van der Waals surface area contributed by atoms with Gasteiger partial charge in [0.15, 0.2) is 5.82 Å². The van der Waals surface area contributed by atoms with Crippen LogP contribution in [0.1, 0.15) is 42.0 Å². The Labute approximate surface area is 150 Å². The van der Waals surface area contributed by atoms with Gasteiger partial charge in [0.2, 0.25) is 5.89 Å². The van der Waals surface area contributed by atoms with E-state index in [0.717, 1.165) is 30.9 Å². The molecule has 9 heteroatoms. The lowest BCUT2D eigenvalue weighted by Gasteiger charge is -2.36. The lowest BCUT2D eigenvalue weighted by Crippen LogP contribution is -2.49. The van der Waals surface area contributed by atoms with E-state index < -0.39 is 0 Å². The van der Waals surface area contributed by atoms with Crippen molar-refractivity contribution in [3.8, 4) is 0 Å². The molecule has 1 aliphatic rings. The third kappa shape index (κ3) is 3.05. The molecule has 0 spiro atoms. The number of aromatic amines is 1. The van der Waals surface area contributed by atoms with Crippen LogP contribution in [-0.4, -0.2) is 67.4 Å². The van der Waals surface area contributed by atoms with E-state index in [9.17, 15) is 4.79 Å². The first-order valence-electron chi connectivity index (χ1n) is 8.82. The van der Waals surface area contributed by atoms with Crippen LogP contribution in [0.2, 0.25) is 0 Å². The van der Waals surface area contributed by atoms with Crippen molar-refractivity contribution in [2.24, 2.45) is 0 Å². The molecule has 0 radical (unpaired) electrons. The molecular weight excluding hydrogens is 334 g/mol.